The Morgan fingerprint density at radius 1 is 1.19 bits per heavy atom. The average Bonchev–Trinajstić information content (AvgIpc) is 3.21. The van der Waals surface area contributed by atoms with Gasteiger partial charge in [0.1, 0.15) is 5.82 Å². The van der Waals surface area contributed by atoms with Crippen molar-refractivity contribution in [1.82, 2.24) is 15.6 Å². The number of aromatic amines is 1. The standard InChI is InChI=1S/C25H32FN5O/c1-2-27-25(28-12-9-19-17-29-23-6-4-3-5-21(19)23)30-16-18-7-8-24(22(26)15-18)31-13-10-20(32)11-14-31/h3-8,15,17,20,29,32H,2,9-14,16H2,1H3,(H2,27,28,30). The molecule has 1 aliphatic rings. The number of hydrogen-bond donors (Lipinski definition) is 4. The predicted molar refractivity (Wildman–Crippen MR) is 129 cm³/mol. The van der Waals surface area contributed by atoms with Gasteiger partial charge in [0.2, 0.25) is 0 Å². The first-order chi connectivity index (χ1) is 15.6. The number of guanidine groups is 1. The molecule has 0 unspecified atom stereocenters. The van der Waals surface area contributed by atoms with Gasteiger partial charge in [-0.05, 0) is 55.5 Å². The monoisotopic (exact) mass is 437 g/mol. The van der Waals surface area contributed by atoms with Crippen molar-refractivity contribution in [1.29, 1.82) is 0 Å². The smallest absolute Gasteiger partial charge is 0.191 e. The minimum Gasteiger partial charge on any atom is -0.393 e. The van der Waals surface area contributed by atoms with E-state index in [1.54, 1.807) is 6.07 Å². The lowest BCUT2D eigenvalue weighted by molar-refractivity contribution is 0.145. The highest BCUT2D eigenvalue weighted by Crippen LogP contribution is 2.24. The summed E-state index contributed by atoms with van der Waals surface area (Å²) in [6, 6.07) is 13.6. The Bertz CT molecular complexity index is 1060. The molecule has 4 rings (SSSR count). The summed E-state index contributed by atoms with van der Waals surface area (Å²) in [5.74, 6) is 0.494. The predicted octanol–water partition coefficient (Wildman–Crippen LogP) is 3.57. The summed E-state index contributed by atoms with van der Waals surface area (Å²) < 4.78 is 14.7. The van der Waals surface area contributed by atoms with Crippen LogP contribution in [0.3, 0.4) is 0 Å². The molecule has 3 aromatic rings. The van der Waals surface area contributed by atoms with E-state index in [4.69, 9.17) is 0 Å². The van der Waals surface area contributed by atoms with Gasteiger partial charge in [0.15, 0.2) is 5.96 Å². The zero-order valence-electron chi connectivity index (χ0n) is 18.6. The molecule has 2 heterocycles. The zero-order chi connectivity index (χ0) is 22.3. The maximum atomic E-state index is 14.7. The summed E-state index contributed by atoms with van der Waals surface area (Å²) in [7, 11) is 0. The van der Waals surface area contributed by atoms with Crippen LogP contribution in [0, 0.1) is 5.82 Å². The van der Waals surface area contributed by atoms with E-state index >= 15 is 0 Å². The molecule has 4 N–H and O–H groups in total. The lowest BCUT2D eigenvalue weighted by Gasteiger charge is -2.31. The average molecular weight is 438 g/mol. The molecule has 0 atom stereocenters. The number of hydrogen-bond acceptors (Lipinski definition) is 3. The Hall–Kier alpha value is -3.06. The van der Waals surface area contributed by atoms with Crippen LogP contribution in [0.4, 0.5) is 10.1 Å². The fourth-order valence-electron chi connectivity index (χ4n) is 4.18. The number of fused-ring (bicyclic) bond motifs is 1. The summed E-state index contributed by atoms with van der Waals surface area (Å²) in [5, 5.41) is 17.5. The van der Waals surface area contributed by atoms with Crippen molar-refractivity contribution in [2.75, 3.05) is 31.1 Å². The second kappa shape index (κ2) is 10.5. The minimum absolute atomic E-state index is 0.230. The molecule has 1 saturated heterocycles. The lowest BCUT2D eigenvalue weighted by Crippen LogP contribution is -2.38. The number of aliphatic imine (C=N–C) groups is 1. The number of nitrogens with one attached hydrogen (secondary N) is 3. The number of anilines is 1. The van der Waals surface area contributed by atoms with Crippen LogP contribution in [0.15, 0.2) is 53.7 Å². The molecule has 1 aliphatic heterocycles. The van der Waals surface area contributed by atoms with Crippen LogP contribution >= 0.6 is 0 Å². The number of aliphatic hydroxyl groups is 1. The molecule has 0 saturated carbocycles. The highest BCUT2D eigenvalue weighted by Gasteiger charge is 2.19. The van der Waals surface area contributed by atoms with Gasteiger partial charge in [0.25, 0.3) is 0 Å². The van der Waals surface area contributed by atoms with Crippen molar-refractivity contribution in [2.24, 2.45) is 4.99 Å². The molecule has 6 nitrogen and oxygen atoms in total. The number of aromatic nitrogens is 1. The number of H-pyrrole nitrogens is 1. The van der Waals surface area contributed by atoms with Crippen LogP contribution in [0.25, 0.3) is 10.9 Å². The van der Waals surface area contributed by atoms with Gasteiger partial charge in [-0.1, -0.05) is 24.3 Å². The molecule has 1 fully saturated rings. The molecule has 0 amide bonds. The van der Waals surface area contributed by atoms with Gasteiger partial charge in [-0.15, -0.1) is 0 Å². The van der Waals surface area contributed by atoms with Gasteiger partial charge in [-0.3, -0.25) is 0 Å². The van der Waals surface area contributed by atoms with Crippen LogP contribution in [0.5, 0.6) is 0 Å². The van der Waals surface area contributed by atoms with Gasteiger partial charge < -0.3 is 25.6 Å². The molecule has 170 valence electrons. The second-order valence-corrected chi connectivity index (χ2v) is 8.24. The summed E-state index contributed by atoms with van der Waals surface area (Å²) in [5.41, 5.74) is 3.85. The molecule has 0 bridgehead atoms. The molecular formula is C25H32FN5O. The quantitative estimate of drug-likeness (QED) is 0.337. The van der Waals surface area contributed by atoms with E-state index in [0.29, 0.717) is 38.2 Å². The van der Waals surface area contributed by atoms with Crippen LogP contribution < -0.4 is 15.5 Å². The Labute approximate surface area is 188 Å². The topological polar surface area (TPSA) is 75.7 Å². The molecule has 2 aromatic carbocycles. The van der Waals surface area contributed by atoms with Crippen molar-refractivity contribution >= 4 is 22.5 Å². The third kappa shape index (κ3) is 5.40. The van der Waals surface area contributed by atoms with Gasteiger partial charge in [0.05, 0.1) is 18.3 Å². The van der Waals surface area contributed by atoms with Crippen molar-refractivity contribution in [2.45, 2.75) is 38.8 Å². The van der Waals surface area contributed by atoms with Crippen LogP contribution in [0.1, 0.15) is 30.9 Å². The number of halogens is 1. The molecular weight excluding hydrogens is 405 g/mol. The molecule has 32 heavy (non-hydrogen) atoms. The molecule has 0 spiro atoms. The number of aliphatic hydroxyl groups excluding tert-OH is 1. The van der Waals surface area contributed by atoms with Crippen LogP contribution in [0.2, 0.25) is 0 Å². The first kappa shape index (κ1) is 22.1. The van der Waals surface area contributed by atoms with Gasteiger partial charge in [0, 0.05) is 43.3 Å². The highest BCUT2D eigenvalue weighted by molar-refractivity contribution is 5.83. The maximum absolute atomic E-state index is 14.7. The molecule has 0 radical (unpaired) electrons. The third-order valence-corrected chi connectivity index (χ3v) is 5.94. The van der Waals surface area contributed by atoms with Gasteiger partial charge >= 0.3 is 0 Å². The molecule has 0 aliphatic carbocycles. The van der Waals surface area contributed by atoms with E-state index in [-0.39, 0.29) is 11.9 Å². The largest absolute Gasteiger partial charge is 0.393 e. The number of para-hydroxylation sites is 1. The van der Waals surface area contributed by atoms with E-state index in [1.165, 1.54) is 10.9 Å². The normalized spacial score (nSPS) is 15.3. The van der Waals surface area contributed by atoms with E-state index < -0.39 is 0 Å². The first-order valence-corrected chi connectivity index (χ1v) is 11.4. The summed E-state index contributed by atoms with van der Waals surface area (Å²) >= 11 is 0. The SMILES string of the molecule is CCNC(=NCc1ccc(N2CCC(O)CC2)c(F)c1)NCCc1c[nH]c2ccccc12. The summed E-state index contributed by atoms with van der Waals surface area (Å²) in [6.07, 6.45) is 4.03. The Kier molecular flexibility index (Phi) is 7.27. The first-order valence-electron chi connectivity index (χ1n) is 11.4. The second-order valence-electron chi connectivity index (χ2n) is 8.24. The summed E-state index contributed by atoms with van der Waals surface area (Å²) in [4.78, 5) is 9.95. The van der Waals surface area contributed by atoms with Crippen molar-refractivity contribution in [3.63, 3.8) is 0 Å². The molecule has 1 aromatic heterocycles. The number of nitrogens with zero attached hydrogens (tertiary/aromatic N) is 2. The van der Waals surface area contributed by atoms with E-state index in [9.17, 15) is 9.50 Å². The third-order valence-electron chi connectivity index (χ3n) is 5.94. The van der Waals surface area contributed by atoms with Crippen molar-refractivity contribution in [3.05, 3.63) is 65.6 Å². The van der Waals surface area contributed by atoms with Crippen molar-refractivity contribution in [3.8, 4) is 0 Å². The van der Waals surface area contributed by atoms with E-state index in [1.807, 2.05) is 30.0 Å². The fraction of sp³-hybridized carbons (Fsp3) is 0.400. The molecule has 7 heteroatoms. The van der Waals surface area contributed by atoms with Crippen molar-refractivity contribution < 1.29 is 9.50 Å². The van der Waals surface area contributed by atoms with Gasteiger partial charge in [-0.2, -0.15) is 0 Å². The number of rotatable bonds is 7. The van der Waals surface area contributed by atoms with Gasteiger partial charge in [-0.25, -0.2) is 9.38 Å². The number of benzene rings is 2. The highest BCUT2D eigenvalue weighted by atomic mass is 19.1. The summed E-state index contributed by atoms with van der Waals surface area (Å²) in [6.45, 7) is 5.30. The Balaban J connectivity index is 1.34. The minimum atomic E-state index is -0.268. The zero-order valence-corrected chi connectivity index (χ0v) is 18.6. The Morgan fingerprint density at radius 2 is 2.00 bits per heavy atom. The maximum Gasteiger partial charge on any atom is 0.191 e. The van der Waals surface area contributed by atoms with Crippen LogP contribution in [-0.2, 0) is 13.0 Å². The lowest BCUT2D eigenvalue weighted by atomic mass is 10.1. The number of piperidine rings is 1. The fourth-order valence-corrected chi connectivity index (χ4v) is 4.18. The van der Waals surface area contributed by atoms with E-state index in [0.717, 1.165) is 36.6 Å². The van der Waals surface area contributed by atoms with Crippen LogP contribution in [-0.4, -0.2) is 48.3 Å². The Morgan fingerprint density at radius 3 is 2.78 bits per heavy atom. The van der Waals surface area contributed by atoms with E-state index in [2.05, 4.69) is 45.0 Å².